The molecule has 1 spiro atoms. The molecule has 1 saturated carbocycles. The summed E-state index contributed by atoms with van der Waals surface area (Å²) in [6, 6.07) is 16.0. The summed E-state index contributed by atoms with van der Waals surface area (Å²) in [5, 5.41) is 2.97. The summed E-state index contributed by atoms with van der Waals surface area (Å²) in [6.07, 6.45) is 5.63. The Morgan fingerprint density at radius 3 is 2.48 bits per heavy atom. The van der Waals surface area contributed by atoms with Gasteiger partial charge in [0.25, 0.3) is 0 Å². The molecule has 1 aliphatic heterocycles. The Hall–Kier alpha value is -1.27. The number of rotatable bonds is 7. The summed E-state index contributed by atoms with van der Waals surface area (Å²) in [4.78, 5) is 12.8. The Kier molecular flexibility index (Phi) is 9.09. The molecule has 31 heavy (non-hydrogen) atoms. The average molecular weight is 497 g/mol. The van der Waals surface area contributed by atoms with Crippen molar-refractivity contribution in [1.29, 1.82) is 0 Å². The van der Waals surface area contributed by atoms with E-state index in [9.17, 15) is 4.79 Å². The normalized spacial score (nSPS) is 17.8. The first-order chi connectivity index (χ1) is 14.7. The second-order valence-electron chi connectivity index (χ2n) is 8.16. The maximum Gasteiger partial charge on any atom is 0.226 e. The zero-order chi connectivity index (χ0) is 20.8. The SMILES string of the molecule is COc1ccc(Cc2ccccc2)cc1C(=O)N[CH-]CC1CCC2(CC1)OCCO2.[Y]. The molecule has 6 heteroatoms. The van der Waals surface area contributed by atoms with E-state index in [0.29, 0.717) is 30.4 Å². The Morgan fingerprint density at radius 1 is 1.10 bits per heavy atom. The van der Waals surface area contributed by atoms with Crippen LogP contribution in [0.3, 0.4) is 0 Å². The number of methoxy groups -OCH3 is 1. The first kappa shape index (κ1) is 24.4. The van der Waals surface area contributed by atoms with Gasteiger partial charge in [-0.1, -0.05) is 42.3 Å². The van der Waals surface area contributed by atoms with Crippen molar-refractivity contribution in [2.75, 3.05) is 20.3 Å². The number of amides is 1. The molecule has 5 nitrogen and oxygen atoms in total. The summed E-state index contributed by atoms with van der Waals surface area (Å²) < 4.78 is 17.0. The fourth-order valence-electron chi connectivity index (χ4n) is 4.41. The molecule has 1 radical (unpaired) electrons. The van der Waals surface area contributed by atoms with E-state index in [0.717, 1.165) is 44.1 Å². The number of nitrogens with one attached hydrogen (secondary N) is 1. The van der Waals surface area contributed by atoms with Gasteiger partial charge in [0, 0.05) is 45.6 Å². The first-order valence-electron chi connectivity index (χ1n) is 10.8. The van der Waals surface area contributed by atoms with Crippen LogP contribution in [-0.2, 0) is 48.6 Å². The van der Waals surface area contributed by atoms with E-state index in [4.69, 9.17) is 14.2 Å². The van der Waals surface area contributed by atoms with Gasteiger partial charge >= 0.3 is 0 Å². The molecule has 2 fully saturated rings. The molecule has 1 saturated heterocycles. The van der Waals surface area contributed by atoms with Crippen LogP contribution in [-0.4, -0.2) is 32.0 Å². The molecule has 1 N–H and O–H groups in total. The number of hydrogen-bond acceptors (Lipinski definition) is 4. The minimum Gasteiger partial charge on any atom is -0.501 e. The van der Waals surface area contributed by atoms with Gasteiger partial charge in [-0.05, 0) is 42.5 Å². The van der Waals surface area contributed by atoms with Gasteiger partial charge in [-0.3, -0.25) is 4.79 Å². The van der Waals surface area contributed by atoms with E-state index in [1.807, 2.05) is 42.9 Å². The molecule has 0 bridgehead atoms. The molecular weight excluding hydrogens is 467 g/mol. The Labute approximate surface area is 210 Å². The fraction of sp³-hybridized carbons (Fsp3) is 0.440. The van der Waals surface area contributed by atoms with Crippen molar-refractivity contribution < 1.29 is 51.7 Å². The predicted octanol–water partition coefficient (Wildman–Crippen LogP) is 4.50. The molecule has 0 unspecified atom stereocenters. The standard InChI is InChI=1S/C25H30NO4.Y/c1-28-23-8-7-21(17-20-5-3-2-4-6-20)18-22(23)24(27)26-14-11-19-9-12-25(13-10-19)29-15-16-30-25;/h2-8,14,18-19H,9-13,15-17H2,1H3,(H,26,27);/q-1;. The maximum absolute atomic E-state index is 12.8. The molecule has 2 aliphatic rings. The third-order valence-corrected chi connectivity index (χ3v) is 6.12. The summed E-state index contributed by atoms with van der Waals surface area (Å²) in [5.41, 5.74) is 2.87. The van der Waals surface area contributed by atoms with Crippen LogP contribution in [0.25, 0.3) is 0 Å². The van der Waals surface area contributed by atoms with Gasteiger partial charge in [0.15, 0.2) is 5.79 Å². The number of ether oxygens (including phenoxy) is 3. The Bertz CT molecular complexity index is 842. The van der Waals surface area contributed by atoms with Crippen LogP contribution in [0.2, 0.25) is 0 Å². The van der Waals surface area contributed by atoms with Gasteiger partial charge in [0.05, 0.1) is 25.9 Å². The number of carbonyl (C=O) groups is 1. The molecule has 1 amide bonds. The van der Waals surface area contributed by atoms with Crippen molar-refractivity contribution in [2.24, 2.45) is 5.92 Å². The van der Waals surface area contributed by atoms with Gasteiger partial charge in [-0.2, -0.15) is 6.42 Å². The van der Waals surface area contributed by atoms with Gasteiger partial charge < -0.3 is 19.5 Å². The average Bonchev–Trinajstić information content (AvgIpc) is 3.24. The number of hydrogen-bond donors (Lipinski definition) is 1. The molecule has 2 aromatic rings. The number of benzene rings is 2. The van der Waals surface area contributed by atoms with Crippen LogP contribution in [0.4, 0.5) is 0 Å². The van der Waals surface area contributed by atoms with Crippen LogP contribution >= 0.6 is 0 Å². The molecule has 0 atom stereocenters. The van der Waals surface area contributed by atoms with Crippen molar-refractivity contribution in [3.8, 4) is 5.75 Å². The quantitative estimate of drug-likeness (QED) is 0.573. The molecular formula is C25H30NO4Y-. The maximum atomic E-state index is 12.8. The van der Waals surface area contributed by atoms with Gasteiger partial charge in [-0.15, -0.1) is 0 Å². The topological polar surface area (TPSA) is 56.8 Å². The van der Waals surface area contributed by atoms with Crippen molar-refractivity contribution in [3.05, 3.63) is 71.8 Å². The van der Waals surface area contributed by atoms with Gasteiger partial charge in [0.1, 0.15) is 5.75 Å². The smallest absolute Gasteiger partial charge is 0.226 e. The Morgan fingerprint density at radius 2 is 1.81 bits per heavy atom. The van der Waals surface area contributed by atoms with Gasteiger partial charge in [0.2, 0.25) is 5.91 Å². The summed E-state index contributed by atoms with van der Waals surface area (Å²) >= 11 is 0. The molecule has 4 rings (SSSR count). The van der Waals surface area contributed by atoms with E-state index >= 15 is 0 Å². The molecule has 1 aliphatic carbocycles. The zero-order valence-corrected chi connectivity index (χ0v) is 21.0. The molecule has 163 valence electrons. The Balaban J connectivity index is 0.00000272. The van der Waals surface area contributed by atoms with E-state index in [-0.39, 0.29) is 44.4 Å². The zero-order valence-electron chi connectivity index (χ0n) is 18.1. The van der Waals surface area contributed by atoms with Crippen LogP contribution in [0, 0.1) is 12.5 Å². The minimum absolute atomic E-state index is 0. The second kappa shape index (κ2) is 11.6. The minimum atomic E-state index is -0.327. The monoisotopic (exact) mass is 497 g/mol. The predicted molar refractivity (Wildman–Crippen MR) is 115 cm³/mol. The molecule has 0 aromatic heterocycles. The van der Waals surface area contributed by atoms with Crippen molar-refractivity contribution >= 4 is 5.91 Å². The largest absolute Gasteiger partial charge is 0.501 e. The van der Waals surface area contributed by atoms with Gasteiger partial charge in [-0.25, -0.2) is 6.54 Å². The second-order valence-corrected chi connectivity index (χ2v) is 8.16. The van der Waals surface area contributed by atoms with Crippen molar-refractivity contribution in [1.82, 2.24) is 5.32 Å². The third kappa shape index (κ3) is 6.38. The van der Waals surface area contributed by atoms with Crippen LogP contribution in [0.15, 0.2) is 48.5 Å². The van der Waals surface area contributed by atoms with E-state index in [2.05, 4.69) is 17.4 Å². The van der Waals surface area contributed by atoms with Crippen molar-refractivity contribution in [3.63, 3.8) is 0 Å². The van der Waals surface area contributed by atoms with Crippen LogP contribution in [0.1, 0.15) is 53.6 Å². The first-order valence-corrected chi connectivity index (χ1v) is 10.8. The fourth-order valence-corrected chi connectivity index (χ4v) is 4.41. The molecule has 2 aromatic carbocycles. The van der Waals surface area contributed by atoms with E-state index in [1.54, 1.807) is 7.11 Å². The van der Waals surface area contributed by atoms with Crippen LogP contribution in [0.5, 0.6) is 5.75 Å². The van der Waals surface area contributed by atoms with Crippen molar-refractivity contribution in [2.45, 2.75) is 44.3 Å². The summed E-state index contributed by atoms with van der Waals surface area (Å²) in [6.45, 7) is 3.31. The summed E-state index contributed by atoms with van der Waals surface area (Å²) in [7, 11) is 1.59. The van der Waals surface area contributed by atoms with E-state index in [1.165, 1.54) is 5.56 Å². The number of carbonyl (C=O) groups excluding carboxylic acids is 1. The van der Waals surface area contributed by atoms with Crippen LogP contribution < -0.4 is 10.1 Å². The summed E-state index contributed by atoms with van der Waals surface area (Å²) in [5.74, 6) is 0.686. The molecule has 1 heterocycles. The third-order valence-electron chi connectivity index (χ3n) is 6.12. The van der Waals surface area contributed by atoms with E-state index < -0.39 is 0 Å².